The summed E-state index contributed by atoms with van der Waals surface area (Å²) in [4.78, 5) is 14.0. The molecule has 1 aliphatic heterocycles. The number of carbonyl (C=O) groups excluding carboxylic acids is 1. The van der Waals surface area contributed by atoms with Gasteiger partial charge in [0.15, 0.2) is 5.78 Å². The zero-order chi connectivity index (χ0) is 21.0. The predicted molar refractivity (Wildman–Crippen MR) is 111 cm³/mol. The molecule has 0 atom stereocenters. The third-order valence-corrected chi connectivity index (χ3v) is 7.07. The molecule has 0 unspecified atom stereocenters. The van der Waals surface area contributed by atoms with E-state index in [0.717, 1.165) is 0 Å². The minimum absolute atomic E-state index is 0.101. The van der Waals surface area contributed by atoms with Crippen molar-refractivity contribution in [3.8, 4) is 6.07 Å². The predicted octanol–water partition coefficient (Wildman–Crippen LogP) is 2.31. The number of nitriles is 1. The highest BCUT2D eigenvalue weighted by Gasteiger charge is 2.29. The average Bonchev–Trinajstić information content (AvgIpc) is 2.72. The Bertz CT molecular complexity index is 1050. The van der Waals surface area contributed by atoms with E-state index in [2.05, 4.69) is 16.3 Å². The molecule has 0 radical (unpaired) electrons. The summed E-state index contributed by atoms with van der Waals surface area (Å²) in [5.41, 5.74) is 2.01. The molecule has 0 bridgehead atoms. The zero-order valence-electron chi connectivity index (χ0n) is 16.6. The molecule has 7 nitrogen and oxygen atoms in total. The monoisotopic (exact) mass is 412 g/mol. The quantitative estimate of drug-likeness (QED) is 0.732. The molecule has 0 aliphatic carbocycles. The van der Waals surface area contributed by atoms with Gasteiger partial charge in [0.05, 0.1) is 16.1 Å². The molecule has 0 aromatic heterocycles. The number of hydrogen-bond acceptors (Lipinski definition) is 6. The third kappa shape index (κ3) is 4.65. The molecular formula is C21H24N4O3S. The van der Waals surface area contributed by atoms with Crippen LogP contribution in [0.5, 0.6) is 0 Å². The van der Waals surface area contributed by atoms with Crippen molar-refractivity contribution in [2.75, 3.05) is 38.5 Å². The lowest BCUT2D eigenvalue weighted by Gasteiger charge is -2.32. The van der Waals surface area contributed by atoms with Gasteiger partial charge >= 0.3 is 0 Å². The molecule has 1 N–H and O–H groups in total. The molecular weight excluding hydrogens is 388 g/mol. The van der Waals surface area contributed by atoms with Crippen molar-refractivity contribution in [2.45, 2.75) is 18.4 Å². The molecule has 1 aliphatic rings. The largest absolute Gasteiger partial charge is 0.380 e. The lowest BCUT2D eigenvalue weighted by atomic mass is 10.1. The van der Waals surface area contributed by atoms with E-state index < -0.39 is 10.0 Å². The Hall–Kier alpha value is -2.73. The van der Waals surface area contributed by atoms with Crippen LogP contribution < -0.4 is 5.32 Å². The number of piperazine rings is 1. The smallest absolute Gasteiger partial charge is 0.243 e. The molecule has 2 aromatic carbocycles. The Labute approximate surface area is 171 Å². The highest BCUT2D eigenvalue weighted by Crippen LogP contribution is 2.24. The zero-order valence-corrected chi connectivity index (χ0v) is 17.4. The summed E-state index contributed by atoms with van der Waals surface area (Å²) < 4.78 is 27.9. The number of likely N-dealkylation sites (N-methyl/N-ethyl adjacent to an activating group) is 1. The van der Waals surface area contributed by atoms with Crippen LogP contribution in [0.25, 0.3) is 0 Å². The number of Topliss-reactive ketones (excluding diaryl/α,β-unsaturated/α-hetero) is 1. The Kier molecular flexibility index (Phi) is 6.33. The van der Waals surface area contributed by atoms with E-state index in [1.54, 1.807) is 42.5 Å². The van der Waals surface area contributed by atoms with Crippen molar-refractivity contribution >= 4 is 21.5 Å². The number of carbonyl (C=O) groups is 1. The van der Waals surface area contributed by atoms with Gasteiger partial charge in [0.1, 0.15) is 6.07 Å². The summed E-state index contributed by atoms with van der Waals surface area (Å²) in [6, 6.07) is 13.8. The van der Waals surface area contributed by atoms with E-state index >= 15 is 0 Å². The molecule has 2 aromatic rings. The van der Waals surface area contributed by atoms with Crippen LogP contribution in [-0.2, 0) is 16.6 Å². The number of nitrogens with one attached hydrogen (secondary N) is 1. The fraction of sp³-hybridized carbons (Fsp3) is 0.333. The van der Waals surface area contributed by atoms with Gasteiger partial charge in [-0.05, 0) is 43.8 Å². The summed E-state index contributed by atoms with van der Waals surface area (Å²) in [5.74, 6) is -0.101. The molecule has 1 heterocycles. The van der Waals surface area contributed by atoms with E-state index in [-0.39, 0.29) is 17.2 Å². The molecule has 8 heteroatoms. The maximum absolute atomic E-state index is 13.2. The summed E-state index contributed by atoms with van der Waals surface area (Å²) in [7, 11) is -1.63. The van der Waals surface area contributed by atoms with E-state index in [9.17, 15) is 18.5 Å². The summed E-state index contributed by atoms with van der Waals surface area (Å²) in [5, 5.41) is 12.5. The second-order valence-corrected chi connectivity index (χ2v) is 9.00. The number of ketones is 1. The van der Waals surface area contributed by atoms with Gasteiger partial charge in [0.2, 0.25) is 10.0 Å². The van der Waals surface area contributed by atoms with Gasteiger partial charge in [0.25, 0.3) is 0 Å². The normalized spacial score (nSPS) is 15.6. The highest BCUT2D eigenvalue weighted by molar-refractivity contribution is 7.89. The first kappa shape index (κ1) is 21.0. The molecule has 152 valence electrons. The van der Waals surface area contributed by atoms with Crippen LogP contribution >= 0.6 is 0 Å². The fourth-order valence-electron chi connectivity index (χ4n) is 3.27. The van der Waals surface area contributed by atoms with Crippen LogP contribution in [0.1, 0.15) is 28.4 Å². The third-order valence-electron chi connectivity index (χ3n) is 5.07. The molecule has 1 saturated heterocycles. The minimum atomic E-state index is -3.61. The Morgan fingerprint density at radius 2 is 1.83 bits per heavy atom. The maximum Gasteiger partial charge on any atom is 0.243 e. The van der Waals surface area contributed by atoms with Gasteiger partial charge in [-0.3, -0.25) is 4.79 Å². The standard InChI is InChI=1S/C21H24N4O3S/c1-16(26)17-7-8-18(14-22)20(13-17)23-15-19-5-3-4-6-21(19)29(27,28)25-11-9-24(2)10-12-25/h3-8,13,23H,9-12,15H2,1-2H3. The Morgan fingerprint density at radius 3 is 2.48 bits per heavy atom. The minimum Gasteiger partial charge on any atom is -0.380 e. The number of benzene rings is 2. The van der Waals surface area contributed by atoms with Gasteiger partial charge in [-0.1, -0.05) is 18.2 Å². The van der Waals surface area contributed by atoms with Crippen molar-refractivity contribution in [1.82, 2.24) is 9.21 Å². The highest BCUT2D eigenvalue weighted by atomic mass is 32.2. The molecule has 0 amide bonds. The van der Waals surface area contributed by atoms with Crippen LogP contribution in [0.3, 0.4) is 0 Å². The Morgan fingerprint density at radius 1 is 1.14 bits per heavy atom. The lowest BCUT2D eigenvalue weighted by molar-refractivity contribution is 0.101. The van der Waals surface area contributed by atoms with Crippen LogP contribution in [0.4, 0.5) is 5.69 Å². The van der Waals surface area contributed by atoms with E-state index in [4.69, 9.17) is 0 Å². The summed E-state index contributed by atoms with van der Waals surface area (Å²) in [6.07, 6.45) is 0. The van der Waals surface area contributed by atoms with Crippen molar-refractivity contribution in [1.29, 1.82) is 5.26 Å². The summed E-state index contributed by atoms with van der Waals surface area (Å²) >= 11 is 0. The molecule has 3 rings (SSSR count). The second-order valence-electron chi connectivity index (χ2n) is 7.10. The second kappa shape index (κ2) is 8.74. The van der Waals surface area contributed by atoms with E-state index in [1.165, 1.54) is 11.2 Å². The molecule has 0 spiro atoms. The van der Waals surface area contributed by atoms with Crippen LogP contribution in [0.15, 0.2) is 47.4 Å². The van der Waals surface area contributed by atoms with Crippen molar-refractivity contribution in [3.05, 3.63) is 59.2 Å². The molecule has 0 saturated carbocycles. The summed E-state index contributed by atoms with van der Waals surface area (Å²) in [6.45, 7) is 3.99. The molecule has 29 heavy (non-hydrogen) atoms. The van der Waals surface area contributed by atoms with Gasteiger partial charge in [-0.25, -0.2) is 8.42 Å². The Balaban J connectivity index is 1.86. The topological polar surface area (TPSA) is 93.5 Å². The van der Waals surface area contributed by atoms with E-state index in [1.807, 2.05) is 7.05 Å². The van der Waals surface area contributed by atoms with Gasteiger partial charge in [-0.15, -0.1) is 0 Å². The SMILES string of the molecule is CC(=O)c1ccc(C#N)c(NCc2ccccc2S(=O)(=O)N2CCN(C)CC2)c1. The first-order valence-electron chi connectivity index (χ1n) is 9.38. The first-order valence-corrected chi connectivity index (χ1v) is 10.8. The van der Waals surface area contributed by atoms with Gasteiger partial charge < -0.3 is 10.2 Å². The van der Waals surface area contributed by atoms with Crippen molar-refractivity contribution in [2.24, 2.45) is 0 Å². The van der Waals surface area contributed by atoms with E-state index in [0.29, 0.717) is 48.6 Å². The number of hydrogen-bond donors (Lipinski definition) is 1. The molecule has 1 fully saturated rings. The van der Waals surface area contributed by atoms with Gasteiger partial charge in [-0.2, -0.15) is 9.57 Å². The van der Waals surface area contributed by atoms with Crippen LogP contribution in [0, 0.1) is 11.3 Å². The number of rotatable bonds is 6. The average molecular weight is 413 g/mol. The number of nitrogens with zero attached hydrogens (tertiary/aromatic N) is 3. The van der Waals surface area contributed by atoms with Crippen LogP contribution in [0.2, 0.25) is 0 Å². The van der Waals surface area contributed by atoms with Gasteiger partial charge in [0, 0.05) is 38.3 Å². The number of sulfonamides is 1. The first-order chi connectivity index (χ1) is 13.8. The lowest BCUT2D eigenvalue weighted by Crippen LogP contribution is -2.47. The fourth-order valence-corrected chi connectivity index (χ4v) is 4.91. The maximum atomic E-state index is 13.2. The van der Waals surface area contributed by atoms with Crippen LogP contribution in [-0.4, -0.2) is 56.6 Å². The number of anilines is 1. The van der Waals surface area contributed by atoms with Crippen molar-refractivity contribution in [3.63, 3.8) is 0 Å². The van der Waals surface area contributed by atoms with Crippen molar-refractivity contribution < 1.29 is 13.2 Å².